The van der Waals surface area contributed by atoms with Crippen LogP contribution in [0.4, 0.5) is 0 Å². The van der Waals surface area contributed by atoms with Gasteiger partial charge >= 0.3 is 0 Å². The summed E-state index contributed by atoms with van der Waals surface area (Å²) in [5.41, 5.74) is -0.118. The van der Waals surface area contributed by atoms with Crippen LogP contribution in [0.25, 0.3) is 0 Å². The molecular weight excluding hydrogens is 192 g/mol. The summed E-state index contributed by atoms with van der Waals surface area (Å²) in [6, 6.07) is 7.40. The predicted octanol–water partition coefficient (Wildman–Crippen LogP) is 1.94. The molecule has 3 heteroatoms. The number of ether oxygens (including phenoxy) is 2. The number of methoxy groups -OCH3 is 1. The van der Waals surface area contributed by atoms with Crippen molar-refractivity contribution in [3.63, 3.8) is 0 Å². The summed E-state index contributed by atoms with van der Waals surface area (Å²) in [4.78, 5) is 0. The van der Waals surface area contributed by atoms with Crippen molar-refractivity contribution in [3.05, 3.63) is 29.8 Å². The molecule has 0 fully saturated rings. The van der Waals surface area contributed by atoms with Crippen LogP contribution in [0.2, 0.25) is 0 Å². The Bertz CT molecular complexity index is 290. The molecule has 1 aromatic carbocycles. The zero-order valence-corrected chi connectivity index (χ0v) is 9.49. The number of hydrogen-bond acceptors (Lipinski definition) is 3. The molecule has 1 atom stereocenters. The van der Waals surface area contributed by atoms with E-state index in [-0.39, 0.29) is 6.61 Å². The van der Waals surface area contributed by atoms with Crippen LogP contribution < -0.4 is 4.74 Å². The van der Waals surface area contributed by atoms with E-state index in [0.717, 1.165) is 11.3 Å². The summed E-state index contributed by atoms with van der Waals surface area (Å²) in [5.74, 6) is 0.814. The van der Waals surface area contributed by atoms with Crippen LogP contribution in [0.15, 0.2) is 24.3 Å². The maximum absolute atomic E-state index is 10.0. The Morgan fingerprint density at radius 2 is 1.87 bits per heavy atom. The molecule has 0 amide bonds. The Morgan fingerprint density at radius 3 is 2.33 bits per heavy atom. The topological polar surface area (TPSA) is 38.7 Å². The largest absolute Gasteiger partial charge is 0.494 e. The molecule has 1 rings (SSSR count). The Hall–Kier alpha value is -1.06. The van der Waals surface area contributed by atoms with E-state index in [1.807, 2.05) is 31.2 Å². The SMILES string of the molecule is CCOc1ccc(C(C)(O)COC)cc1. The van der Waals surface area contributed by atoms with Gasteiger partial charge in [0.15, 0.2) is 0 Å². The fraction of sp³-hybridized carbons (Fsp3) is 0.500. The third-order valence-electron chi connectivity index (χ3n) is 2.21. The van der Waals surface area contributed by atoms with Crippen molar-refractivity contribution in [1.29, 1.82) is 0 Å². The predicted molar refractivity (Wildman–Crippen MR) is 59.1 cm³/mol. The van der Waals surface area contributed by atoms with Gasteiger partial charge in [-0.1, -0.05) is 12.1 Å². The van der Waals surface area contributed by atoms with E-state index in [2.05, 4.69) is 0 Å². The third kappa shape index (κ3) is 3.22. The maximum atomic E-state index is 10.0. The Kier molecular flexibility index (Phi) is 4.12. The lowest BCUT2D eigenvalue weighted by molar-refractivity contribution is -0.0208. The molecule has 1 aromatic rings. The zero-order chi connectivity index (χ0) is 11.3. The van der Waals surface area contributed by atoms with E-state index in [9.17, 15) is 5.11 Å². The van der Waals surface area contributed by atoms with Crippen molar-refractivity contribution in [2.45, 2.75) is 19.4 Å². The Labute approximate surface area is 90.6 Å². The van der Waals surface area contributed by atoms with E-state index < -0.39 is 5.60 Å². The minimum atomic E-state index is -0.945. The molecule has 84 valence electrons. The molecule has 0 spiro atoms. The zero-order valence-electron chi connectivity index (χ0n) is 9.49. The summed E-state index contributed by atoms with van der Waals surface area (Å²) in [5, 5.41) is 10.0. The standard InChI is InChI=1S/C12H18O3/c1-4-15-11-7-5-10(6-8-11)12(2,13)9-14-3/h5-8,13H,4,9H2,1-3H3. The first-order valence-corrected chi connectivity index (χ1v) is 5.05. The fourth-order valence-electron chi connectivity index (χ4n) is 1.44. The smallest absolute Gasteiger partial charge is 0.119 e. The van der Waals surface area contributed by atoms with Crippen molar-refractivity contribution in [2.75, 3.05) is 20.3 Å². The van der Waals surface area contributed by atoms with Crippen LogP contribution in [0.1, 0.15) is 19.4 Å². The van der Waals surface area contributed by atoms with Gasteiger partial charge in [-0.3, -0.25) is 0 Å². The maximum Gasteiger partial charge on any atom is 0.119 e. The first-order chi connectivity index (χ1) is 7.10. The van der Waals surface area contributed by atoms with Crippen molar-refractivity contribution in [1.82, 2.24) is 0 Å². The highest BCUT2D eigenvalue weighted by Crippen LogP contribution is 2.23. The van der Waals surface area contributed by atoms with Crippen molar-refractivity contribution < 1.29 is 14.6 Å². The lowest BCUT2D eigenvalue weighted by Gasteiger charge is -2.22. The summed E-state index contributed by atoms with van der Waals surface area (Å²) < 4.78 is 10.3. The van der Waals surface area contributed by atoms with Crippen LogP contribution in [0.3, 0.4) is 0 Å². The van der Waals surface area contributed by atoms with Gasteiger partial charge in [-0.25, -0.2) is 0 Å². The van der Waals surface area contributed by atoms with Crippen LogP contribution in [0.5, 0.6) is 5.75 Å². The van der Waals surface area contributed by atoms with Crippen LogP contribution in [-0.2, 0) is 10.3 Å². The van der Waals surface area contributed by atoms with Crippen LogP contribution >= 0.6 is 0 Å². The van der Waals surface area contributed by atoms with Gasteiger partial charge in [-0.15, -0.1) is 0 Å². The number of hydrogen-bond donors (Lipinski definition) is 1. The molecule has 3 nitrogen and oxygen atoms in total. The highest BCUT2D eigenvalue weighted by atomic mass is 16.5. The first kappa shape index (κ1) is 12.0. The van der Waals surface area contributed by atoms with Crippen molar-refractivity contribution >= 4 is 0 Å². The second kappa shape index (κ2) is 5.14. The van der Waals surface area contributed by atoms with Gasteiger partial charge in [0.1, 0.15) is 11.4 Å². The lowest BCUT2D eigenvalue weighted by Crippen LogP contribution is -2.26. The monoisotopic (exact) mass is 210 g/mol. The molecule has 0 heterocycles. The van der Waals surface area contributed by atoms with E-state index >= 15 is 0 Å². The van der Waals surface area contributed by atoms with Crippen molar-refractivity contribution in [3.8, 4) is 5.75 Å². The molecule has 0 saturated heterocycles. The van der Waals surface area contributed by atoms with E-state index in [4.69, 9.17) is 9.47 Å². The van der Waals surface area contributed by atoms with Gasteiger partial charge in [0.2, 0.25) is 0 Å². The van der Waals surface area contributed by atoms with Gasteiger partial charge < -0.3 is 14.6 Å². The Morgan fingerprint density at radius 1 is 1.27 bits per heavy atom. The molecular formula is C12H18O3. The van der Waals surface area contributed by atoms with E-state index in [1.165, 1.54) is 0 Å². The molecule has 0 saturated carbocycles. The fourth-order valence-corrected chi connectivity index (χ4v) is 1.44. The van der Waals surface area contributed by atoms with Gasteiger partial charge in [0.05, 0.1) is 13.2 Å². The number of aliphatic hydroxyl groups is 1. The van der Waals surface area contributed by atoms with Gasteiger partial charge in [-0.2, -0.15) is 0 Å². The van der Waals surface area contributed by atoms with E-state index in [1.54, 1.807) is 14.0 Å². The van der Waals surface area contributed by atoms with Crippen LogP contribution in [-0.4, -0.2) is 25.4 Å². The summed E-state index contributed by atoms with van der Waals surface area (Å²) in [7, 11) is 1.57. The molecule has 1 unspecified atom stereocenters. The molecule has 0 radical (unpaired) electrons. The number of rotatable bonds is 5. The molecule has 15 heavy (non-hydrogen) atoms. The minimum absolute atomic E-state index is 0.279. The normalized spacial score (nSPS) is 14.7. The number of benzene rings is 1. The second-order valence-corrected chi connectivity index (χ2v) is 3.66. The molecule has 1 N–H and O–H groups in total. The molecule has 0 bridgehead atoms. The van der Waals surface area contributed by atoms with Gasteiger partial charge in [-0.05, 0) is 31.5 Å². The summed E-state index contributed by atoms with van der Waals surface area (Å²) in [6.07, 6.45) is 0. The molecule has 0 aromatic heterocycles. The average Bonchev–Trinajstić information content (AvgIpc) is 2.19. The van der Waals surface area contributed by atoms with E-state index in [0.29, 0.717) is 6.61 Å². The summed E-state index contributed by atoms with van der Waals surface area (Å²) >= 11 is 0. The lowest BCUT2D eigenvalue weighted by atomic mass is 9.97. The summed E-state index contributed by atoms with van der Waals surface area (Å²) in [6.45, 7) is 4.59. The first-order valence-electron chi connectivity index (χ1n) is 5.05. The minimum Gasteiger partial charge on any atom is -0.494 e. The quantitative estimate of drug-likeness (QED) is 0.807. The highest BCUT2D eigenvalue weighted by molar-refractivity contribution is 5.30. The van der Waals surface area contributed by atoms with Gasteiger partial charge in [0, 0.05) is 7.11 Å². The van der Waals surface area contributed by atoms with Gasteiger partial charge in [0.25, 0.3) is 0 Å². The second-order valence-electron chi connectivity index (χ2n) is 3.66. The highest BCUT2D eigenvalue weighted by Gasteiger charge is 2.22. The third-order valence-corrected chi connectivity index (χ3v) is 2.21. The molecule has 0 aliphatic rings. The molecule has 0 aliphatic carbocycles. The Balaban J connectivity index is 2.78. The molecule has 0 aliphatic heterocycles. The average molecular weight is 210 g/mol. The van der Waals surface area contributed by atoms with Crippen LogP contribution in [0, 0.1) is 0 Å². The van der Waals surface area contributed by atoms with Crippen molar-refractivity contribution in [2.24, 2.45) is 0 Å².